The highest BCUT2D eigenvalue weighted by atomic mass is 16.7. The van der Waals surface area contributed by atoms with Crippen molar-refractivity contribution in [3.8, 4) is 23.0 Å². The molecule has 0 fully saturated rings. The van der Waals surface area contributed by atoms with Crippen molar-refractivity contribution in [1.82, 2.24) is 4.57 Å². The highest BCUT2D eigenvalue weighted by Gasteiger charge is 2.19. The summed E-state index contributed by atoms with van der Waals surface area (Å²) in [5.41, 5.74) is 4.03. The van der Waals surface area contributed by atoms with Crippen LogP contribution in [0.4, 0.5) is 0 Å². The molecule has 0 radical (unpaired) electrons. The minimum atomic E-state index is -0.491. The average Bonchev–Trinajstić information content (AvgIpc) is 3.42. The number of hydrogen-bond donors (Lipinski definition) is 0. The van der Waals surface area contributed by atoms with Crippen molar-refractivity contribution in [3.63, 3.8) is 0 Å². The molecule has 0 spiro atoms. The number of ketones is 1. The predicted octanol–water partition coefficient (Wildman–Crippen LogP) is 3.87. The smallest absolute Gasteiger partial charge is 0.310 e. The Labute approximate surface area is 197 Å². The largest absolute Gasteiger partial charge is 0.493 e. The lowest BCUT2D eigenvalue weighted by Gasteiger charge is -2.11. The highest BCUT2D eigenvalue weighted by molar-refractivity contribution is 5.99. The molecule has 8 nitrogen and oxygen atoms in total. The SMILES string of the molecule is COc1ccc(CC(=O)OCC(=O)c2cc(C)n(Cc3ccc4c(c3)OCO4)c2C)cc1OC. The number of aromatic nitrogens is 1. The number of rotatable bonds is 9. The number of benzene rings is 2. The predicted molar refractivity (Wildman–Crippen MR) is 124 cm³/mol. The van der Waals surface area contributed by atoms with Crippen molar-refractivity contribution in [1.29, 1.82) is 0 Å². The van der Waals surface area contributed by atoms with Crippen molar-refractivity contribution >= 4 is 11.8 Å². The molecule has 0 amide bonds. The van der Waals surface area contributed by atoms with E-state index in [4.69, 9.17) is 23.7 Å². The van der Waals surface area contributed by atoms with Gasteiger partial charge in [-0.1, -0.05) is 12.1 Å². The van der Waals surface area contributed by atoms with Gasteiger partial charge in [0.1, 0.15) is 0 Å². The summed E-state index contributed by atoms with van der Waals surface area (Å²) in [5, 5.41) is 0. The summed E-state index contributed by atoms with van der Waals surface area (Å²) in [6, 6.07) is 12.8. The third-order valence-electron chi connectivity index (χ3n) is 5.81. The lowest BCUT2D eigenvalue weighted by Crippen LogP contribution is -2.16. The van der Waals surface area contributed by atoms with Gasteiger partial charge in [0.25, 0.3) is 0 Å². The maximum Gasteiger partial charge on any atom is 0.310 e. The van der Waals surface area contributed by atoms with E-state index >= 15 is 0 Å². The first-order valence-electron chi connectivity index (χ1n) is 10.8. The monoisotopic (exact) mass is 465 g/mol. The van der Waals surface area contributed by atoms with Crippen molar-refractivity contribution in [2.75, 3.05) is 27.6 Å². The molecule has 2 heterocycles. The molecule has 0 bridgehead atoms. The van der Waals surface area contributed by atoms with Gasteiger partial charge in [0.05, 0.1) is 20.6 Å². The van der Waals surface area contributed by atoms with Gasteiger partial charge in [-0.25, -0.2) is 0 Å². The Bertz CT molecular complexity index is 1230. The number of carbonyl (C=O) groups is 2. The third kappa shape index (κ3) is 4.85. The number of Topliss-reactive ketones (excluding diaryl/α,β-unsaturated/α-hetero) is 1. The Hall–Kier alpha value is -3.94. The van der Waals surface area contributed by atoms with Gasteiger partial charge in [0, 0.05) is 23.5 Å². The lowest BCUT2D eigenvalue weighted by molar-refractivity contribution is -0.141. The van der Waals surface area contributed by atoms with Gasteiger partial charge < -0.3 is 28.3 Å². The van der Waals surface area contributed by atoms with Crippen LogP contribution >= 0.6 is 0 Å². The van der Waals surface area contributed by atoms with Crippen molar-refractivity contribution in [2.45, 2.75) is 26.8 Å². The summed E-state index contributed by atoms with van der Waals surface area (Å²) in [7, 11) is 3.07. The second-order valence-electron chi connectivity index (χ2n) is 8.01. The number of ether oxygens (including phenoxy) is 5. The molecular weight excluding hydrogens is 438 g/mol. The Balaban J connectivity index is 1.38. The number of fused-ring (bicyclic) bond motifs is 1. The van der Waals surface area contributed by atoms with E-state index in [1.54, 1.807) is 25.3 Å². The van der Waals surface area contributed by atoms with E-state index in [2.05, 4.69) is 4.57 Å². The van der Waals surface area contributed by atoms with Crippen LogP contribution in [-0.4, -0.2) is 43.9 Å². The molecule has 0 N–H and O–H groups in total. The van der Waals surface area contributed by atoms with Crippen LogP contribution in [0.5, 0.6) is 23.0 Å². The summed E-state index contributed by atoms with van der Waals surface area (Å²) in [6.45, 7) is 4.32. The fraction of sp³-hybridized carbons (Fsp3) is 0.308. The van der Waals surface area contributed by atoms with Crippen LogP contribution in [0.1, 0.15) is 32.9 Å². The fourth-order valence-electron chi connectivity index (χ4n) is 3.98. The summed E-state index contributed by atoms with van der Waals surface area (Å²) in [4.78, 5) is 25.1. The molecule has 0 atom stereocenters. The molecule has 0 saturated heterocycles. The molecule has 2 aromatic carbocycles. The second kappa shape index (κ2) is 9.91. The van der Waals surface area contributed by atoms with E-state index in [0.717, 1.165) is 28.5 Å². The second-order valence-corrected chi connectivity index (χ2v) is 8.01. The molecule has 8 heteroatoms. The van der Waals surface area contributed by atoms with Gasteiger partial charge in [-0.15, -0.1) is 0 Å². The molecule has 3 aromatic rings. The maximum absolute atomic E-state index is 12.8. The normalized spacial score (nSPS) is 11.9. The molecule has 0 aliphatic carbocycles. The van der Waals surface area contributed by atoms with E-state index in [-0.39, 0.29) is 25.6 Å². The summed E-state index contributed by atoms with van der Waals surface area (Å²) < 4.78 is 28.6. The molecule has 34 heavy (non-hydrogen) atoms. The van der Waals surface area contributed by atoms with Crippen molar-refractivity contribution in [3.05, 3.63) is 70.5 Å². The number of hydrogen-bond acceptors (Lipinski definition) is 7. The van der Waals surface area contributed by atoms with Crippen molar-refractivity contribution < 1.29 is 33.3 Å². The van der Waals surface area contributed by atoms with E-state index in [9.17, 15) is 9.59 Å². The number of carbonyl (C=O) groups excluding carboxylic acids is 2. The van der Waals surface area contributed by atoms with Gasteiger partial charge in [-0.3, -0.25) is 9.59 Å². The van der Waals surface area contributed by atoms with Crippen LogP contribution in [0.2, 0.25) is 0 Å². The fourth-order valence-corrected chi connectivity index (χ4v) is 3.98. The first-order chi connectivity index (χ1) is 16.4. The topological polar surface area (TPSA) is 85.2 Å². The Morgan fingerprint density at radius 3 is 2.41 bits per heavy atom. The summed E-state index contributed by atoms with van der Waals surface area (Å²) >= 11 is 0. The Morgan fingerprint density at radius 2 is 1.65 bits per heavy atom. The summed E-state index contributed by atoms with van der Waals surface area (Å²) in [5.74, 6) is 1.82. The van der Waals surface area contributed by atoms with E-state index < -0.39 is 5.97 Å². The lowest BCUT2D eigenvalue weighted by atomic mass is 10.1. The Kier molecular flexibility index (Phi) is 6.77. The summed E-state index contributed by atoms with van der Waals surface area (Å²) in [6.07, 6.45) is 0.0246. The van der Waals surface area contributed by atoms with Crippen LogP contribution in [0.25, 0.3) is 0 Å². The molecule has 1 aliphatic heterocycles. The molecule has 4 rings (SSSR count). The average molecular weight is 466 g/mol. The molecule has 178 valence electrons. The van der Waals surface area contributed by atoms with E-state index in [0.29, 0.717) is 29.2 Å². The standard InChI is InChI=1S/C26H27NO7/c1-16-9-20(17(2)27(16)13-19-6-8-23-25(11-19)34-15-33-23)21(28)14-32-26(29)12-18-5-7-22(30-3)24(10-18)31-4/h5-11H,12-15H2,1-4H3. The van der Waals surface area contributed by atoms with Gasteiger partial charge in [-0.05, 0) is 55.3 Å². The van der Waals surface area contributed by atoms with Gasteiger partial charge in [-0.2, -0.15) is 0 Å². The van der Waals surface area contributed by atoms with E-state index in [1.165, 1.54) is 7.11 Å². The first-order valence-corrected chi connectivity index (χ1v) is 10.8. The Morgan fingerprint density at radius 1 is 0.912 bits per heavy atom. The molecule has 1 aliphatic rings. The zero-order valence-corrected chi connectivity index (χ0v) is 19.7. The van der Waals surface area contributed by atoms with Crippen LogP contribution < -0.4 is 18.9 Å². The van der Waals surface area contributed by atoms with Crippen LogP contribution in [-0.2, 0) is 22.5 Å². The maximum atomic E-state index is 12.8. The zero-order chi connectivity index (χ0) is 24.2. The first kappa shape index (κ1) is 23.2. The van der Waals surface area contributed by atoms with Crippen LogP contribution in [0.15, 0.2) is 42.5 Å². The van der Waals surface area contributed by atoms with E-state index in [1.807, 2.05) is 38.1 Å². The quantitative estimate of drug-likeness (QED) is 0.350. The van der Waals surface area contributed by atoms with Gasteiger partial charge in [0.2, 0.25) is 12.6 Å². The number of esters is 1. The molecule has 0 unspecified atom stereocenters. The van der Waals surface area contributed by atoms with Crippen LogP contribution in [0, 0.1) is 13.8 Å². The van der Waals surface area contributed by atoms with Gasteiger partial charge >= 0.3 is 5.97 Å². The highest BCUT2D eigenvalue weighted by Crippen LogP contribution is 2.33. The third-order valence-corrected chi connectivity index (χ3v) is 5.81. The number of methoxy groups -OCH3 is 2. The zero-order valence-electron chi connectivity index (χ0n) is 19.7. The molecule has 1 aromatic heterocycles. The number of nitrogens with zero attached hydrogens (tertiary/aromatic N) is 1. The van der Waals surface area contributed by atoms with Crippen molar-refractivity contribution in [2.24, 2.45) is 0 Å². The van der Waals surface area contributed by atoms with Crippen LogP contribution in [0.3, 0.4) is 0 Å². The minimum absolute atomic E-state index is 0.0246. The molecular formula is C26H27NO7. The molecule has 0 saturated carbocycles. The van der Waals surface area contributed by atoms with Gasteiger partial charge in [0.15, 0.2) is 29.6 Å². The number of aryl methyl sites for hydroxylation is 1. The minimum Gasteiger partial charge on any atom is -0.493 e.